The van der Waals surface area contributed by atoms with Crippen LogP contribution in [0.1, 0.15) is 47.3 Å². The lowest BCUT2D eigenvalue weighted by Gasteiger charge is -2.19. The molecule has 0 amide bonds. The molecule has 1 atom stereocenters. The highest BCUT2D eigenvalue weighted by atomic mass is 16.3. The quantitative estimate of drug-likeness (QED) is 0.881. The van der Waals surface area contributed by atoms with E-state index in [2.05, 4.69) is 30.3 Å². The average molecular weight is 282 g/mol. The van der Waals surface area contributed by atoms with Crippen molar-refractivity contribution < 1.29 is 10.2 Å². The number of hydrogen-bond acceptors (Lipinski definition) is 2. The molecule has 110 valence electrons. The maximum Gasteiger partial charge on any atom is 0.124 e. The number of aromatic hydroxyl groups is 1. The van der Waals surface area contributed by atoms with E-state index >= 15 is 0 Å². The van der Waals surface area contributed by atoms with Crippen molar-refractivity contribution in [2.45, 2.75) is 45.1 Å². The van der Waals surface area contributed by atoms with Gasteiger partial charge in [0.1, 0.15) is 5.75 Å². The fraction of sp³-hybridized carbons (Fsp3) is 0.368. The Bertz CT molecular complexity index is 629. The fourth-order valence-electron chi connectivity index (χ4n) is 3.12. The summed E-state index contributed by atoms with van der Waals surface area (Å²) in [7, 11) is 0. The van der Waals surface area contributed by atoms with Gasteiger partial charge >= 0.3 is 0 Å². The summed E-state index contributed by atoms with van der Waals surface area (Å²) in [6.07, 6.45) is 3.53. The maximum absolute atomic E-state index is 10.6. The Morgan fingerprint density at radius 3 is 1.95 bits per heavy atom. The Kier molecular flexibility index (Phi) is 3.98. The van der Waals surface area contributed by atoms with Crippen LogP contribution in [0.15, 0.2) is 36.4 Å². The molecule has 2 aromatic rings. The normalized spacial score (nSPS) is 15.5. The van der Waals surface area contributed by atoms with E-state index in [1.807, 2.05) is 13.0 Å². The van der Waals surface area contributed by atoms with E-state index in [4.69, 9.17) is 0 Å². The molecule has 2 nitrogen and oxygen atoms in total. The Labute approximate surface area is 126 Å². The first-order valence-corrected chi connectivity index (χ1v) is 7.78. The van der Waals surface area contributed by atoms with Crippen molar-refractivity contribution in [3.63, 3.8) is 0 Å². The number of benzene rings is 2. The average Bonchev–Trinajstić information content (AvgIpc) is 2.50. The SMILES string of the molecule is CC[C@H](O)c1c2ccc(c1O)CCc1ccc(cc1)CC2. The summed E-state index contributed by atoms with van der Waals surface area (Å²) in [4.78, 5) is 0. The Morgan fingerprint density at radius 2 is 1.38 bits per heavy atom. The first kappa shape index (κ1) is 14.2. The van der Waals surface area contributed by atoms with E-state index in [1.54, 1.807) is 0 Å². The molecule has 0 spiro atoms. The predicted octanol–water partition coefficient (Wildman–Crippen LogP) is 3.72. The van der Waals surface area contributed by atoms with Crippen molar-refractivity contribution in [2.24, 2.45) is 0 Å². The van der Waals surface area contributed by atoms with Crippen LogP contribution in [0.4, 0.5) is 0 Å². The van der Waals surface area contributed by atoms with Gasteiger partial charge in [-0.15, -0.1) is 0 Å². The molecule has 21 heavy (non-hydrogen) atoms. The molecule has 0 radical (unpaired) electrons. The number of aliphatic hydroxyl groups is 1. The highest BCUT2D eigenvalue weighted by molar-refractivity contribution is 5.48. The van der Waals surface area contributed by atoms with Gasteiger partial charge in [-0.25, -0.2) is 0 Å². The van der Waals surface area contributed by atoms with Gasteiger partial charge < -0.3 is 10.2 Å². The smallest absolute Gasteiger partial charge is 0.124 e. The molecule has 6 rings (SSSR count). The second-order valence-corrected chi connectivity index (χ2v) is 5.89. The molecule has 0 saturated carbocycles. The maximum atomic E-state index is 10.6. The van der Waals surface area contributed by atoms with Crippen LogP contribution in [0.25, 0.3) is 0 Å². The molecule has 2 heteroatoms. The number of rotatable bonds is 2. The molecular weight excluding hydrogens is 260 g/mol. The number of aliphatic hydroxyl groups excluding tert-OH is 1. The van der Waals surface area contributed by atoms with Crippen LogP contribution in [0, 0.1) is 0 Å². The summed E-state index contributed by atoms with van der Waals surface area (Å²) >= 11 is 0. The van der Waals surface area contributed by atoms with Crippen molar-refractivity contribution in [1.82, 2.24) is 0 Å². The highest BCUT2D eigenvalue weighted by Crippen LogP contribution is 2.34. The lowest BCUT2D eigenvalue weighted by molar-refractivity contribution is 0.168. The van der Waals surface area contributed by atoms with Gasteiger partial charge in [-0.3, -0.25) is 0 Å². The van der Waals surface area contributed by atoms with Gasteiger partial charge in [0.05, 0.1) is 6.10 Å². The molecule has 2 aromatic carbocycles. The van der Waals surface area contributed by atoms with Gasteiger partial charge in [0.2, 0.25) is 0 Å². The van der Waals surface area contributed by atoms with E-state index < -0.39 is 6.10 Å². The van der Waals surface area contributed by atoms with E-state index in [0.29, 0.717) is 12.2 Å². The summed E-state index contributed by atoms with van der Waals surface area (Å²) in [5.41, 5.74) is 5.34. The Hall–Kier alpha value is -1.80. The summed E-state index contributed by atoms with van der Waals surface area (Å²) in [5.74, 6) is 0.303. The van der Waals surface area contributed by atoms with Gasteiger partial charge in [-0.2, -0.15) is 0 Å². The van der Waals surface area contributed by atoms with Crippen LogP contribution in [0.3, 0.4) is 0 Å². The molecule has 4 aliphatic carbocycles. The van der Waals surface area contributed by atoms with Gasteiger partial charge in [-0.05, 0) is 54.4 Å². The number of phenolic OH excluding ortho intramolecular Hbond substituents is 1. The second-order valence-electron chi connectivity index (χ2n) is 5.89. The standard InChI is InChI=1S/C19H22O2/c1-2-17(20)18-15-9-7-13-3-5-14(6-4-13)8-10-16(12-11-15)19(18)21/h3-6,11-12,17,20-21H,2,7-10H2,1H3/t17-/m0/s1. The van der Waals surface area contributed by atoms with Gasteiger partial charge in [0.15, 0.2) is 0 Å². The molecular formula is C19H22O2. The number of phenols is 1. The minimum absolute atomic E-state index is 0.303. The molecule has 0 unspecified atom stereocenters. The van der Waals surface area contributed by atoms with Crippen molar-refractivity contribution in [1.29, 1.82) is 0 Å². The Morgan fingerprint density at radius 1 is 0.857 bits per heavy atom. The summed E-state index contributed by atoms with van der Waals surface area (Å²) in [6, 6.07) is 12.9. The molecule has 0 saturated heterocycles. The largest absolute Gasteiger partial charge is 0.507 e. The lowest BCUT2D eigenvalue weighted by atomic mass is 9.89. The molecule has 0 aromatic heterocycles. The topological polar surface area (TPSA) is 40.5 Å². The minimum atomic E-state index is -0.580. The summed E-state index contributed by atoms with van der Waals surface area (Å²) in [6.45, 7) is 1.95. The monoisotopic (exact) mass is 282 g/mol. The lowest BCUT2D eigenvalue weighted by Crippen LogP contribution is -2.06. The third-order valence-corrected chi connectivity index (χ3v) is 4.50. The molecule has 4 aliphatic rings. The van der Waals surface area contributed by atoms with Gasteiger partial charge in [0.25, 0.3) is 0 Å². The van der Waals surface area contributed by atoms with Crippen LogP contribution >= 0.6 is 0 Å². The Balaban J connectivity index is 2.07. The third kappa shape index (κ3) is 2.81. The first-order chi connectivity index (χ1) is 10.2. The summed E-state index contributed by atoms with van der Waals surface area (Å²) < 4.78 is 0. The summed E-state index contributed by atoms with van der Waals surface area (Å²) in [5, 5.41) is 20.9. The minimum Gasteiger partial charge on any atom is -0.507 e. The van der Waals surface area contributed by atoms with Crippen molar-refractivity contribution in [3.8, 4) is 5.75 Å². The second kappa shape index (κ2) is 5.90. The zero-order valence-electron chi connectivity index (χ0n) is 12.5. The fourth-order valence-corrected chi connectivity index (χ4v) is 3.12. The third-order valence-electron chi connectivity index (χ3n) is 4.50. The highest BCUT2D eigenvalue weighted by Gasteiger charge is 2.19. The van der Waals surface area contributed by atoms with Crippen molar-refractivity contribution >= 4 is 0 Å². The van der Waals surface area contributed by atoms with E-state index in [1.165, 1.54) is 11.1 Å². The molecule has 0 heterocycles. The van der Waals surface area contributed by atoms with Crippen LogP contribution in [-0.2, 0) is 25.7 Å². The van der Waals surface area contributed by atoms with Gasteiger partial charge in [0, 0.05) is 5.56 Å². The van der Waals surface area contributed by atoms with Crippen LogP contribution in [0.2, 0.25) is 0 Å². The molecule has 2 N–H and O–H groups in total. The molecule has 0 fully saturated rings. The molecule has 4 bridgehead atoms. The zero-order valence-corrected chi connectivity index (χ0v) is 12.5. The van der Waals surface area contributed by atoms with E-state index in [9.17, 15) is 10.2 Å². The zero-order chi connectivity index (χ0) is 14.8. The van der Waals surface area contributed by atoms with Crippen LogP contribution in [0.5, 0.6) is 5.75 Å². The number of aryl methyl sites for hydroxylation is 4. The van der Waals surface area contributed by atoms with Crippen molar-refractivity contribution in [3.05, 3.63) is 64.2 Å². The van der Waals surface area contributed by atoms with Crippen LogP contribution < -0.4 is 0 Å². The predicted molar refractivity (Wildman–Crippen MR) is 84.6 cm³/mol. The van der Waals surface area contributed by atoms with Gasteiger partial charge in [-0.1, -0.05) is 43.3 Å². The van der Waals surface area contributed by atoms with Crippen LogP contribution in [-0.4, -0.2) is 10.2 Å². The van der Waals surface area contributed by atoms with Crippen molar-refractivity contribution in [2.75, 3.05) is 0 Å². The molecule has 0 aliphatic heterocycles. The van der Waals surface area contributed by atoms with E-state index in [-0.39, 0.29) is 0 Å². The van der Waals surface area contributed by atoms with E-state index in [0.717, 1.165) is 42.4 Å². The number of hydrogen-bond donors (Lipinski definition) is 2. The first-order valence-electron chi connectivity index (χ1n) is 7.78.